The Balaban J connectivity index is 1.90. The van der Waals surface area contributed by atoms with E-state index < -0.39 is 0 Å². The lowest BCUT2D eigenvalue weighted by Gasteiger charge is -2.21. The highest BCUT2D eigenvalue weighted by Crippen LogP contribution is 2.22. The van der Waals surface area contributed by atoms with E-state index in [-0.39, 0.29) is 5.54 Å². The van der Waals surface area contributed by atoms with Crippen molar-refractivity contribution in [3.63, 3.8) is 0 Å². The van der Waals surface area contributed by atoms with E-state index in [0.29, 0.717) is 12.6 Å². The van der Waals surface area contributed by atoms with Gasteiger partial charge in [0.05, 0.1) is 12.1 Å². The van der Waals surface area contributed by atoms with Gasteiger partial charge < -0.3 is 10.1 Å². The lowest BCUT2D eigenvalue weighted by atomic mass is 10.0. The number of nitrogens with zero attached hydrogens (tertiary/aromatic N) is 3. The van der Waals surface area contributed by atoms with Gasteiger partial charge in [0.15, 0.2) is 5.65 Å². The predicted molar refractivity (Wildman–Crippen MR) is 65.2 cm³/mol. The fourth-order valence-corrected chi connectivity index (χ4v) is 2.07. The van der Waals surface area contributed by atoms with Crippen molar-refractivity contribution in [1.29, 1.82) is 0 Å². The topological polar surface area (TPSA) is 51.5 Å². The van der Waals surface area contributed by atoms with Crippen LogP contribution >= 0.6 is 0 Å². The van der Waals surface area contributed by atoms with Crippen molar-refractivity contribution >= 4 is 11.6 Å². The van der Waals surface area contributed by atoms with E-state index >= 15 is 0 Å². The average Bonchev–Trinajstić information content (AvgIpc) is 2.84. The molecule has 0 aromatic carbocycles. The van der Waals surface area contributed by atoms with E-state index in [1.165, 1.54) is 5.56 Å². The molecular weight excluding hydrogens is 216 g/mol. The molecule has 90 valence electrons. The number of fused-ring (bicyclic) bond motifs is 1. The summed E-state index contributed by atoms with van der Waals surface area (Å²) in [5.74, 6) is 0.670. The van der Waals surface area contributed by atoms with Crippen LogP contribution in [-0.4, -0.2) is 33.4 Å². The van der Waals surface area contributed by atoms with Crippen molar-refractivity contribution < 1.29 is 4.74 Å². The summed E-state index contributed by atoms with van der Waals surface area (Å²) >= 11 is 0. The van der Waals surface area contributed by atoms with E-state index in [1.54, 1.807) is 4.52 Å². The van der Waals surface area contributed by atoms with Gasteiger partial charge in [-0.25, -0.2) is 4.52 Å². The van der Waals surface area contributed by atoms with Crippen LogP contribution in [0.25, 0.3) is 5.65 Å². The molecule has 0 bridgehead atoms. The van der Waals surface area contributed by atoms with Crippen molar-refractivity contribution in [3.8, 4) is 0 Å². The van der Waals surface area contributed by atoms with Gasteiger partial charge in [0, 0.05) is 12.8 Å². The number of aryl methyl sites for hydroxylation is 1. The van der Waals surface area contributed by atoms with Crippen molar-refractivity contribution in [2.75, 3.05) is 18.5 Å². The Morgan fingerprint density at radius 2 is 2.35 bits per heavy atom. The highest BCUT2D eigenvalue weighted by atomic mass is 16.5. The Kier molecular flexibility index (Phi) is 2.29. The first-order chi connectivity index (χ1) is 8.15. The minimum absolute atomic E-state index is 0.0417. The largest absolute Gasteiger partial charge is 0.379 e. The van der Waals surface area contributed by atoms with E-state index in [2.05, 4.69) is 22.3 Å². The number of pyridine rings is 1. The standard InChI is InChI=1S/C12H16N4O/c1-9-3-4-10-13-11(15-16(10)7-9)14-12(2)5-6-17-8-12/h3-4,7H,5-6,8H2,1-2H3,(H,14,15). The molecule has 1 atom stereocenters. The highest BCUT2D eigenvalue weighted by molar-refractivity contribution is 5.45. The lowest BCUT2D eigenvalue weighted by Crippen LogP contribution is -2.35. The maximum Gasteiger partial charge on any atom is 0.243 e. The normalized spacial score (nSPS) is 24.4. The number of aromatic nitrogens is 3. The first-order valence-corrected chi connectivity index (χ1v) is 5.84. The van der Waals surface area contributed by atoms with Gasteiger partial charge in [-0.3, -0.25) is 0 Å². The molecule has 1 N–H and O–H groups in total. The second-order valence-corrected chi connectivity index (χ2v) is 4.93. The van der Waals surface area contributed by atoms with Crippen molar-refractivity contribution in [3.05, 3.63) is 23.9 Å². The van der Waals surface area contributed by atoms with Gasteiger partial charge in [-0.05, 0) is 31.9 Å². The smallest absolute Gasteiger partial charge is 0.243 e. The third-order valence-electron chi connectivity index (χ3n) is 3.11. The Morgan fingerprint density at radius 3 is 3.12 bits per heavy atom. The zero-order valence-electron chi connectivity index (χ0n) is 10.1. The summed E-state index contributed by atoms with van der Waals surface area (Å²) in [6.07, 6.45) is 2.96. The molecule has 2 aromatic heterocycles. The average molecular weight is 232 g/mol. The summed E-state index contributed by atoms with van der Waals surface area (Å²) in [6, 6.07) is 4.01. The fourth-order valence-electron chi connectivity index (χ4n) is 2.07. The predicted octanol–water partition coefficient (Wildman–Crippen LogP) is 1.63. The van der Waals surface area contributed by atoms with Crippen LogP contribution < -0.4 is 5.32 Å². The SMILES string of the molecule is Cc1ccc2nc(NC3(C)CCOC3)nn2c1. The fraction of sp³-hybridized carbons (Fsp3) is 0.500. The molecule has 5 heteroatoms. The van der Waals surface area contributed by atoms with Gasteiger partial charge >= 0.3 is 0 Å². The second kappa shape index (κ2) is 3.70. The molecule has 1 unspecified atom stereocenters. The monoisotopic (exact) mass is 232 g/mol. The number of rotatable bonds is 2. The van der Waals surface area contributed by atoms with Gasteiger partial charge in [0.25, 0.3) is 0 Å². The molecule has 0 aliphatic carbocycles. The third kappa shape index (κ3) is 1.98. The van der Waals surface area contributed by atoms with Crippen LogP contribution in [-0.2, 0) is 4.74 Å². The summed E-state index contributed by atoms with van der Waals surface area (Å²) in [6.45, 7) is 5.69. The molecule has 0 spiro atoms. The molecule has 0 amide bonds. The second-order valence-electron chi connectivity index (χ2n) is 4.93. The summed E-state index contributed by atoms with van der Waals surface area (Å²) in [5, 5.41) is 7.78. The molecule has 0 radical (unpaired) electrons. The maximum atomic E-state index is 5.40. The first kappa shape index (κ1) is 10.5. The quantitative estimate of drug-likeness (QED) is 0.855. The van der Waals surface area contributed by atoms with Gasteiger partial charge in [-0.1, -0.05) is 6.07 Å². The van der Waals surface area contributed by atoms with Gasteiger partial charge in [-0.15, -0.1) is 5.10 Å². The zero-order chi connectivity index (χ0) is 11.9. The van der Waals surface area contributed by atoms with Crippen LogP contribution in [0.3, 0.4) is 0 Å². The van der Waals surface area contributed by atoms with Crippen LogP contribution in [0.5, 0.6) is 0 Å². The zero-order valence-corrected chi connectivity index (χ0v) is 10.1. The molecule has 1 aliphatic rings. The van der Waals surface area contributed by atoms with E-state index in [1.807, 2.05) is 25.3 Å². The molecule has 0 saturated carbocycles. The molecule has 1 fully saturated rings. The van der Waals surface area contributed by atoms with Crippen LogP contribution in [0, 0.1) is 6.92 Å². The van der Waals surface area contributed by atoms with Gasteiger partial charge in [0.2, 0.25) is 5.95 Å². The summed E-state index contributed by atoms with van der Waals surface area (Å²) < 4.78 is 7.20. The number of anilines is 1. The summed E-state index contributed by atoms with van der Waals surface area (Å²) in [7, 11) is 0. The molecule has 3 heterocycles. The molecule has 17 heavy (non-hydrogen) atoms. The van der Waals surface area contributed by atoms with Crippen LogP contribution in [0.4, 0.5) is 5.95 Å². The number of ether oxygens (including phenoxy) is 1. The van der Waals surface area contributed by atoms with E-state index in [9.17, 15) is 0 Å². The van der Waals surface area contributed by atoms with Crippen molar-refractivity contribution in [2.45, 2.75) is 25.8 Å². The molecule has 5 nitrogen and oxygen atoms in total. The first-order valence-electron chi connectivity index (χ1n) is 5.84. The van der Waals surface area contributed by atoms with Gasteiger partial charge in [0.1, 0.15) is 0 Å². The lowest BCUT2D eigenvalue weighted by molar-refractivity contribution is 0.185. The Morgan fingerprint density at radius 1 is 1.47 bits per heavy atom. The summed E-state index contributed by atoms with van der Waals surface area (Å²) in [4.78, 5) is 4.45. The molecule has 1 saturated heterocycles. The van der Waals surface area contributed by atoms with Crippen molar-refractivity contribution in [2.24, 2.45) is 0 Å². The summed E-state index contributed by atoms with van der Waals surface area (Å²) in [5.41, 5.74) is 1.99. The Labute approximate surface area is 99.8 Å². The molecular formula is C12H16N4O. The van der Waals surface area contributed by atoms with Crippen molar-refractivity contribution in [1.82, 2.24) is 14.6 Å². The minimum atomic E-state index is -0.0417. The third-order valence-corrected chi connectivity index (χ3v) is 3.11. The van der Waals surface area contributed by atoms with E-state index in [4.69, 9.17) is 4.74 Å². The maximum absolute atomic E-state index is 5.40. The van der Waals surface area contributed by atoms with Crippen LogP contribution in [0.1, 0.15) is 18.9 Å². The number of nitrogens with one attached hydrogen (secondary N) is 1. The molecule has 2 aromatic rings. The highest BCUT2D eigenvalue weighted by Gasteiger charge is 2.30. The van der Waals surface area contributed by atoms with E-state index in [0.717, 1.165) is 18.7 Å². The number of hydrogen-bond donors (Lipinski definition) is 1. The molecule has 1 aliphatic heterocycles. The van der Waals surface area contributed by atoms with Gasteiger partial charge in [-0.2, -0.15) is 4.98 Å². The minimum Gasteiger partial charge on any atom is -0.379 e. The molecule has 3 rings (SSSR count). The Hall–Kier alpha value is -1.62. The number of hydrogen-bond acceptors (Lipinski definition) is 4. The van der Waals surface area contributed by atoms with Crippen LogP contribution in [0.2, 0.25) is 0 Å². The van der Waals surface area contributed by atoms with Crippen LogP contribution in [0.15, 0.2) is 18.3 Å². The Bertz CT molecular complexity index is 542.